The zero-order valence-electron chi connectivity index (χ0n) is 13.2. The highest BCUT2D eigenvalue weighted by Crippen LogP contribution is 2.28. The van der Waals surface area contributed by atoms with Gasteiger partial charge in [-0.3, -0.25) is 0 Å². The molecule has 0 aliphatic rings. The molecule has 0 bridgehead atoms. The van der Waals surface area contributed by atoms with Gasteiger partial charge in [-0.25, -0.2) is 30.7 Å². The quantitative estimate of drug-likeness (QED) is 0.457. The van der Waals surface area contributed by atoms with Crippen LogP contribution in [0.5, 0.6) is 0 Å². The lowest BCUT2D eigenvalue weighted by molar-refractivity contribution is -0.0456. The van der Waals surface area contributed by atoms with Crippen LogP contribution in [0.2, 0.25) is 13.1 Å². The molecule has 1 aromatic rings. The summed E-state index contributed by atoms with van der Waals surface area (Å²) in [7, 11) is -3.31. The lowest BCUT2D eigenvalue weighted by Gasteiger charge is -2.32. The Morgan fingerprint density at radius 3 is 1.83 bits per heavy atom. The van der Waals surface area contributed by atoms with Gasteiger partial charge in [0.05, 0.1) is 0 Å². The van der Waals surface area contributed by atoms with Crippen molar-refractivity contribution < 1.29 is 30.7 Å². The third-order valence-corrected chi connectivity index (χ3v) is 7.54. The molecular weight excluding hydrogens is 353 g/mol. The number of rotatable bonds is 8. The third-order valence-electron chi connectivity index (χ3n) is 4.00. The first-order valence-electron chi connectivity index (χ1n) is 7.26. The molecule has 1 aromatic carbocycles. The summed E-state index contributed by atoms with van der Waals surface area (Å²) in [5, 5.41) is 0.420. The summed E-state index contributed by atoms with van der Waals surface area (Å²) < 4.78 is 92.8. The second-order valence-corrected chi connectivity index (χ2v) is 10.6. The van der Waals surface area contributed by atoms with Crippen LogP contribution in [0.4, 0.5) is 30.7 Å². The minimum atomic E-state index is -3.81. The van der Waals surface area contributed by atoms with Crippen molar-refractivity contribution in [1.82, 2.24) is 0 Å². The molecule has 0 aliphatic carbocycles. The van der Waals surface area contributed by atoms with Gasteiger partial charge in [-0.1, -0.05) is 50.0 Å². The average molecular weight is 372 g/mol. The second-order valence-electron chi connectivity index (χ2n) is 6.03. The van der Waals surface area contributed by atoms with Crippen molar-refractivity contribution >= 4 is 19.3 Å². The number of alkyl halides is 7. The molecule has 0 saturated carbocycles. The lowest BCUT2D eigenvalue weighted by Crippen LogP contribution is -2.58. The normalized spacial score (nSPS) is 18.8. The Morgan fingerprint density at radius 2 is 1.33 bits per heavy atom. The fourth-order valence-corrected chi connectivity index (χ4v) is 5.19. The van der Waals surface area contributed by atoms with Crippen LogP contribution in [0.25, 0.3) is 6.08 Å². The Morgan fingerprint density at radius 1 is 0.833 bits per heavy atom. The zero-order valence-corrected chi connectivity index (χ0v) is 14.2. The molecular formula is C16H19F7Si. The molecule has 5 atom stereocenters. The molecule has 24 heavy (non-hydrogen) atoms. The van der Waals surface area contributed by atoms with Gasteiger partial charge in [0.1, 0.15) is 13.9 Å². The van der Waals surface area contributed by atoms with Gasteiger partial charge in [0.15, 0.2) is 24.7 Å². The number of hydrogen-bond donors (Lipinski definition) is 0. The van der Waals surface area contributed by atoms with Crippen LogP contribution < -0.4 is 5.19 Å². The Bertz CT molecular complexity index is 549. The van der Waals surface area contributed by atoms with Gasteiger partial charge in [0, 0.05) is 0 Å². The first kappa shape index (κ1) is 20.7. The standard InChI is InChI=1S/C16H19F7Si/c1-4-9-7-5-6-8-10(9)24(2,3)16(23)14(20)12(18)11(17)13(19)15(21)22/h4-8,11-16H,1H2,2-3H3. The molecule has 0 spiro atoms. The summed E-state index contributed by atoms with van der Waals surface area (Å²) in [4.78, 5) is 0. The molecule has 0 aromatic heterocycles. The second kappa shape index (κ2) is 8.18. The molecule has 0 aliphatic heterocycles. The van der Waals surface area contributed by atoms with Crippen molar-refractivity contribution in [3.63, 3.8) is 0 Å². The topological polar surface area (TPSA) is 0 Å². The van der Waals surface area contributed by atoms with Crippen LogP contribution in [0.15, 0.2) is 30.8 Å². The molecule has 0 fully saturated rings. The van der Waals surface area contributed by atoms with E-state index >= 15 is 0 Å². The smallest absolute Gasteiger partial charge is 0.248 e. The summed E-state index contributed by atoms with van der Waals surface area (Å²) in [6.45, 7) is 6.35. The highest BCUT2D eigenvalue weighted by molar-refractivity contribution is 6.91. The molecule has 0 heterocycles. The Hall–Kier alpha value is -1.31. The Kier molecular flexibility index (Phi) is 7.06. The number of benzene rings is 1. The summed E-state index contributed by atoms with van der Waals surface area (Å²) in [6.07, 6.45) is -15.7. The average Bonchev–Trinajstić information content (AvgIpc) is 2.57. The first-order chi connectivity index (χ1) is 11.1. The SMILES string of the molecule is C=Cc1ccccc1[Si](C)(C)C(F)C(F)C(F)C(F)C(F)C(F)F. The van der Waals surface area contributed by atoms with Crippen LogP contribution in [-0.2, 0) is 0 Å². The summed E-state index contributed by atoms with van der Waals surface area (Å²) in [5.74, 6) is -2.45. The van der Waals surface area contributed by atoms with E-state index < -0.39 is 45.0 Å². The maximum Gasteiger partial charge on any atom is 0.272 e. The van der Waals surface area contributed by atoms with Crippen LogP contribution in [0.1, 0.15) is 5.56 Å². The minimum Gasteiger partial charge on any atom is -0.248 e. The fourth-order valence-electron chi connectivity index (χ4n) is 2.46. The van der Waals surface area contributed by atoms with E-state index in [9.17, 15) is 30.7 Å². The van der Waals surface area contributed by atoms with Gasteiger partial charge in [0.25, 0.3) is 6.43 Å². The van der Waals surface area contributed by atoms with Crippen LogP contribution in [-0.4, -0.2) is 45.0 Å². The molecule has 0 amide bonds. The predicted molar refractivity (Wildman–Crippen MR) is 84.1 cm³/mol. The first-order valence-corrected chi connectivity index (χ1v) is 10.3. The van der Waals surface area contributed by atoms with E-state index in [1.54, 1.807) is 18.2 Å². The van der Waals surface area contributed by atoms with Crippen molar-refractivity contribution in [3.05, 3.63) is 36.4 Å². The highest BCUT2D eigenvalue weighted by atomic mass is 28.3. The van der Waals surface area contributed by atoms with Gasteiger partial charge in [-0.2, -0.15) is 0 Å². The number of hydrogen-bond acceptors (Lipinski definition) is 0. The van der Waals surface area contributed by atoms with Crippen LogP contribution in [0.3, 0.4) is 0 Å². The lowest BCUT2D eigenvalue weighted by atomic mass is 10.1. The maximum atomic E-state index is 14.6. The van der Waals surface area contributed by atoms with E-state index in [1.165, 1.54) is 25.2 Å². The highest BCUT2D eigenvalue weighted by Gasteiger charge is 2.49. The van der Waals surface area contributed by atoms with Gasteiger partial charge >= 0.3 is 0 Å². The molecule has 5 unspecified atom stereocenters. The maximum absolute atomic E-state index is 14.6. The summed E-state index contributed by atoms with van der Waals surface area (Å²) >= 11 is 0. The van der Waals surface area contributed by atoms with E-state index in [2.05, 4.69) is 6.58 Å². The van der Waals surface area contributed by atoms with E-state index in [4.69, 9.17) is 0 Å². The molecule has 0 nitrogen and oxygen atoms in total. The van der Waals surface area contributed by atoms with E-state index in [1.807, 2.05) is 0 Å². The van der Waals surface area contributed by atoms with Gasteiger partial charge in [-0.05, 0) is 10.8 Å². The third kappa shape index (κ3) is 4.20. The van der Waals surface area contributed by atoms with Crippen molar-refractivity contribution in [2.75, 3.05) is 0 Å². The van der Waals surface area contributed by atoms with Crippen molar-refractivity contribution in [1.29, 1.82) is 0 Å². The molecule has 1 rings (SSSR count). The molecule has 8 heteroatoms. The Labute approximate surface area is 137 Å². The molecule has 0 N–H and O–H groups in total. The van der Waals surface area contributed by atoms with Crippen LogP contribution >= 0.6 is 0 Å². The zero-order chi connectivity index (χ0) is 18.7. The number of halogens is 7. The van der Waals surface area contributed by atoms with Crippen molar-refractivity contribution in [3.8, 4) is 0 Å². The van der Waals surface area contributed by atoms with Gasteiger partial charge < -0.3 is 0 Å². The largest absolute Gasteiger partial charge is 0.272 e. The molecule has 0 radical (unpaired) electrons. The summed E-state index contributed by atoms with van der Waals surface area (Å²) in [6, 6.07) is 6.36. The van der Waals surface area contributed by atoms with E-state index in [-0.39, 0.29) is 0 Å². The van der Waals surface area contributed by atoms with Crippen LogP contribution in [0, 0.1) is 0 Å². The monoisotopic (exact) mass is 372 g/mol. The van der Waals surface area contributed by atoms with Gasteiger partial charge in [0.2, 0.25) is 0 Å². The fraction of sp³-hybridized carbons (Fsp3) is 0.500. The van der Waals surface area contributed by atoms with E-state index in [0.717, 1.165) is 0 Å². The van der Waals surface area contributed by atoms with Crippen molar-refractivity contribution in [2.45, 2.75) is 50.0 Å². The van der Waals surface area contributed by atoms with E-state index in [0.29, 0.717) is 10.8 Å². The predicted octanol–water partition coefficient (Wildman–Crippen LogP) is 4.74. The molecule has 136 valence electrons. The van der Waals surface area contributed by atoms with Gasteiger partial charge in [-0.15, -0.1) is 0 Å². The summed E-state index contributed by atoms with van der Waals surface area (Å²) in [5.41, 5.74) is 0.521. The van der Waals surface area contributed by atoms with Crippen molar-refractivity contribution in [2.24, 2.45) is 0 Å². The molecule has 0 saturated heterocycles. The Balaban J connectivity index is 3.05. The minimum absolute atomic E-state index is 0.420.